The Kier molecular flexibility index (Phi) is 3.89. The maximum atomic E-state index is 13.0. The Labute approximate surface area is 148 Å². The van der Waals surface area contributed by atoms with Crippen LogP contribution in [0.2, 0.25) is 0 Å². The number of esters is 1. The standard InChI is InChI=1S/C21H26O4/c1-21-8-7-16-15-6-4-14(22)9-12(15)3-5-17(16)18(21)10-13(20(21)24)11-19(23)25-2/h4,6,9,13,16-18,22H,3,5,7-8,10-11H2,1-2H3/t13?,16?,17?,18?,21-/m0/s1. The van der Waals surface area contributed by atoms with Crippen molar-refractivity contribution in [1.29, 1.82) is 0 Å². The van der Waals surface area contributed by atoms with Gasteiger partial charge in [0, 0.05) is 11.3 Å². The number of aromatic hydroxyl groups is 1. The molecule has 0 aliphatic heterocycles. The monoisotopic (exact) mass is 342 g/mol. The summed E-state index contributed by atoms with van der Waals surface area (Å²) in [6.07, 6.45) is 5.00. The van der Waals surface area contributed by atoms with Gasteiger partial charge in [-0.3, -0.25) is 9.59 Å². The molecule has 2 fully saturated rings. The number of hydrogen-bond acceptors (Lipinski definition) is 4. The number of carbonyl (C=O) groups is 2. The van der Waals surface area contributed by atoms with Crippen LogP contribution in [0.1, 0.15) is 56.1 Å². The van der Waals surface area contributed by atoms with Crippen LogP contribution in [0, 0.1) is 23.2 Å². The summed E-state index contributed by atoms with van der Waals surface area (Å²) in [5.74, 6) is 1.50. The average Bonchev–Trinajstić information content (AvgIpc) is 2.85. The Hall–Kier alpha value is -1.84. The van der Waals surface area contributed by atoms with E-state index in [-0.39, 0.29) is 29.5 Å². The van der Waals surface area contributed by atoms with Crippen molar-refractivity contribution in [1.82, 2.24) is 0 Å². The van der Waals surface area contributed by atoms with Crippen molar-refractivity contribution < 1.29 is 19.4 Å². The van der Waals surface area contributed by atoms with Gasteiger partial charge in [-0.05, 0) is 73.1 Å². The van der Waals surface area contributed by atoms with E-state index in [1.807, 2.05) is 6.07 Å². The van der Waals surface area contributed by atoms with Crippen molar-refractivity contribution in [3.63, 3.8) is 0 Å². The number of rotatable bonds is 2. The van der Waals surface area contributed by atoms with Crippen LogP contribution in [0.5, 0.6) is 5.75 Å². The quantitative estimate of drug-likeness (QED) is 0.834. The summed E-state index contributed by atoms with van der Waals surface area (Å²) in [6, 6.07) is 5.76. The van der Waals surface area contributed by atoms with Gasteiger partial charge < -0.3 is 9.84 Å². The van der Waals surface area contributed by atoms with Crippen LogP contribution in [0.15, 0.2) is 18.2 Å². The van der Waals surface area contributed by atoms with Gasteiger partial charge in [0.1, 0.15) is 11.5 Å². The maximum absolute atomic E-state index is 13.0. The fourth-order valence-electron chi connectivity index (χ4n) is 5.97. The molecule has 3 aliphatic carbocycles. The van der Waals surface area contributed by atoms with E-state index in [4.69, 9.17) is 4.74 Å². The number of phenols is 1. The second-order valence-corrected chi connectivity index (χ2v) is 8.33. The Balaban J connectivity index is 1.63. The lowest BCUT2D eigenvalue weighted by Crippen LogP contribution is -2.42. The molecular weight excluding hydrogens is 316 g/mol. The molecule has 1 aromatic carbocycles. The Bertz CT molecular complexity index is 725. The summed E-state index contributed by atoms with van der Waals surface area (Å²) < 4.78 is 4.80. The molecule has 4 rings (SSSR count). The van der Waals surface area contributed by atoms with Crippen LogP contribution in [0.25, 0.3) is 0 Å². The van der Waals surface area contributed by atoms with Gasteiger partial charge in [0.15, 0.2) is 0 Å². The summed E-state index contributed by atoms with van der Waals surface area (Å²) in [7, 11) is 1.39. The fourth-order valence-corrected chi connectivity index (χ4v) is 5.97. The van der Waals surface area contributed by atoms with Crippen LogP contribution in [0.3, 0.4) is 0 Å². The van der Waals surface area contributed by atoms with Crippen molar-refractivity contribution in [3.05, 3.63) is 29.3 Å². The number of phenolic OH excluding ortho intramolecular Hbond substituents is 1. The summed E-state index contributed by atoms with van der Waals surface area (Å²) in [6.45, 7) is 2.12. The first kappa shape index (κ1) is 16.6. The van der Waals surface area contributed by atoms with Gasteiger partial charge >= 0.3 is 5.97 Å². The van der Waals surface area contributed by atoms with Crippen LogP contribution >= 0.6 is 0 Å². The van der Waals surface area contributed by atoms with Gasteiger partial charge in [0.05, 0.1) is 13.5 Å². The first-order valence-corrected chi connectivity index (χ1v) is 9.37. The largest absolute Gasteiger partial charge is 0.508 e. The maximum Gasteiger partial charge on any atom is 0.306 e. The van der Waals surface area contributed by atoms with Gasteiger partial charge in [-0.15, -0.1) is 0 Å². The SMILES string of the molecule is COC(=O)CC1CC2C3CCc4cc(O)ccc4C3CC[C@]2(C)C1=O. The molecule has 0 spiro atoms. The number of methoxy groups -OCH3 is 1. The van der Waals surface area contributed by atoms with E-state index >= 15 is 0 Å². The first-order chi connectivity index (χ1) is 11.9. The zero-order valence-electron chi connectivity index (χ0n) is 15.0. The van der Waals surface area contributed by atoms with Crippen LogP contribution in [-0.2, 0) is 20.7 Å². The normalized spacial score (nSPS) is 36.3. The number of hydrogen-bond donors (Lipinski definition) is 1. The highest BCUT2D eigenvalue weighted by Gasteiger charge is 2.58. The van der Waals surface area contributed by atoms with E-state index in [0.717, 1.165) is 32.1 Å². The molecule has 3 aliphatic rings. The minimum atomic E-state index is -0.283. The second-order valence-electron chi connectivity index (χ2n) is 8.33. The van der Waals surface area contributed by atoms with Crippen LogP contribution in [-0.4, -0.2) is 24.0 Å². The molecule has 2 saturated carbocycles. The van der Waals surface area contributed by atoms with Crippen LogP contribution < -0.4 is 0 Å². The fraction of sp³-hybridized carbons (Fsp3) is 0.619. The van der Waals surface area contributed by atoms with Crippen molar-refractivity contribution >= 4 is 11.8 Å². The molecule has 4 heteroatoms. The summed E-state index contributed by atoms with van der Waals surface area (Å²) in [5, 5.41) is 9.76. The molecule has 4 unspecified atom stereocenters. The van der Waals surface area contributed by atoms with E-state index in [1.165, 1.54) is 18.2 Å². The molecule has 0 bridgehead atoms. The van der Waals surface area contributed by atoms with Gasteiger partial charge in [0.2, 0.25) is 0 Å². The number of carbonyl (C=O) groups excluding carboxylic acids is 2. The van der Waals surface area contributed by atoms with Gasteiger partial charge in [-0.2, -0.15) is 0 Å². The number of ketones is 1. The van der Waals surface area contributed by atoms with E-state index in [0.29, 0.717) is 23.5 Å². The highest BCUT2D eigenvalue weighted by molar-refractivity contribution is 5.92. The second kappa shape index (κ2) is 5.86. The zero-order chi connectivity index (χ0) is 17.8. The Morgan fingerprint density at radius 1 is 1.36 bits per heavy atom. The predicted octanol–water partition coefficient (Wildman–Crippen LogP) is 3.61. The topological polar surface area (TPSA) is 63.6 Å². The molecule has 0 heterocycles. The molecule has 0 radical (unpaired) electrons. The van der Waals surface area contributed by atoms with Crippen molar-refractivity contribution in [2.24, 2.45) is 23.2 Å². The lowest BCUT2D eigenvalue weighted by Gasteiger charge is -2.48. The number of benzene rings is 1. The number of fused-ring (bicyclic) bond motifs is 5. The lowest BCUT2D eigenvalue weighted by atomic mass is 9.55. The van der Waals surface area contributed by atoms with Gasteiger partial charge in [0.25, 0.3) is 0 Å². The number of ether oxygens (including phenoxy) is 1. The van der Waals surface area contributed by atoms with E-state index in [1.54, 1.807) is 6.07 Å². The average molecular weight is 342 g/mol. The van der Waals surface area contributed by atoms with E-state index in [9.17, 15) is 14.7 Å². The third-order valence-electron chi connectivity index (χ3n) is 7.21. The number of Topliss-reactive ketones (excluding diaryl/α,β-unsaturated/α-hetero) is 1. The van der Waals surface area contributed by atoms with Gasteiger partial charge in [-0.25, -0.2) is 0 Å². The molecule has 4 nitrogen and oxygen atoms in total. The van der Waals surface area contributed by atoms with E-state index in [2.05, 4.69) is 13.0 Å². The first-order valence-electron chi connectivity index (χ1n) is 9.37. The van der Waals surface area contributed by atoms with Crippen LogP contribution in [0.4, 0.5) is 0 Å². The molecule has 0 amide bonds. The summed E-state index contributed by atoms with van der Waals surface area (Å²) in [4.78, 5) is 24.7. The third-order valence-corrected chi connectivity index (χ3v) is 7.21. The summed E-state index contributed by atoms with van der Waals surface area (Å²) in [5.41, 5.74) is 2.34. The van der Waals surface area contributed by atoms with Crippen molar-refractivity contribution in [2.75, 3.05) is 7.11 Å². The minimum Gasteiger partial charge on any atom is -0.508 e. The Morgan fingerprint density at radius 2 is 2.16 bits per heavy atom. The molecular formula is C21H26O4. The highest BCUT2D eigenvalue weighted by atomic mass is 16.5. The molecule has 0 saturated heterocycles. The summed E-state index contributed by atoms with van der Waals surface area (Å²) >= 11 is 0. The lowest BCUT2D eigenvalue weighted by molar-refractivity contribution is -0.144. The van der Waals surface area contributed by atoms with Gasteiger partial charge in [-0.1, -0.05) is 13.0 Å². The predicted molar refractivity (Wildman–Crippen MR) is 93.2 cm³/mol. The molecule has 1 aromatic rings. The molecule has 5 atom stereocenters. The molecule has 0 aromatic heterocycles. The Morgan fingerprint density at radius 3 is 2.92 bits per heavy atom. The third kappa shape index (κ3) is 2.49. The molecule has 25 heavy (non-hydrogen) atoms. The number of aryl methyl sites for hydroxylation is 1. The minimum absolute atomic E-state index is 0.178. The van der Waals surface area contributed by atoms with Crippen molar-refractivity contribution in [2.45, 2.75) is 51.4 Å². The van der Waals surface area contributed by atoms with E-state index < -0.39 is 0 Å². The molecule has 134 valence electrons. The molecule has 1 N–H and O–H groups in total. The zero-order valence-corrected chi connectivity index (χ0v) is 15.0. The smallest absolute Gasteiger partial charge is 0.306 e. The highest BCUT2D eigenvalue weighted by Crippen LogP contribution is 2.61. The van der Waals surface area contributed by atoms with Crippen molar-refractivity contribution in [3.8, 4) is 5.75 Å².